The summed E-state index contributed by atoms with van der Waals surface area (Å²) in [6, 6.07) is 11.0. The van der Waals surface area contributed by atoms with E-state index in [0.29, 0.717) is 25.3 Å². The number of aliphatic hydroxyl groups is 1. The third-order valence-corrected chi connectivity index (χ3v) is 8.41. The highest BCUT2D eigenvalue weighted by molar-refractivity contribution is 5.93. The van der Waals surface area contributed by atoms with E-state index in [1.54, 1.807) is 24.1 Å². The topological polar surface area (TPSA) is 87.0 Å². The number of rotatable bonds is 4. The van der Waals surface area contributed by atoms with E-state index in [1.807, 2.05) is 30.1 Å². The molecule has 3 aromatic rings. The van der Waals surface area contributed by atoms with Crippen LogP contribution in [0.1, 0.15) is 36.6 Å². The highest BCUT2D eigenvalue weighted by atomic mass is 19.1. The van der Waals surface area contributed by atoms with Gasteiger partial charge in [0.15, 0.2) is 0 Å². The van der Waals surface area contributed by atoms with Gasteiger partial charge in [-0.2, -0.15) is 0 Å². The lowest BCUT2D eigenvalue weighted by Crippen LogP contribution is -2.69. The van der Waals surface area contributed by atoms with Crippen LogP contribution in [-0.2, 0) is 17.3 Å². The molecule has 1 atom stereocenters. The number of hydrogen-bond donors (Lipinski definition) is 2. The number of benzene rings is 2. The van der Waals surface area contributed by atoms with Crippen molar-refractivity contribution in [1.29, 1.82) is 0 Å². The summed E-state index contributed by atoms with van der Waals surface area (Å²) in [5.74, 6) is 0.393. The summed E-state index contributed by atoms with van der Waals surface area (Å²) in [6.07, 6.45) is 2.80. The summed E-state index contributed by atoms with van der Waals surface area (Å²) in [4.78, 5) is 30.2. The minimum absolute atomic E-state index is 0.00474. The number of urea groups is 1. The summed E-state index contributed by atoms with van der Waals surface area (Å²) in [5, 5.41) is 14.4. The fourth-order valence-corrected chi connectivity index (χ4v) is 6.33. The number of aliphatic hydroxyl groups excluding tert-OH is 1. The summed E-state index contributed by atoms with van der Waals surface area (Å²) in [5.41, 5.74) is 2.89. The summed E-state index contributed by atoms with van der Waals surface area (Å²) >= 11 is 0. The van der Waals surface area contributed by atoms with E-state index in [4.69, 9.17) is 4.74 Å². The molecule has 1 saturated heterocycles. The van der Waals surface area contributed by atoms with Gasteiger partial charge in [-0.15, -0.1) is 0 Å². The molecule has 2 aliphatic heterocycles. The van der Waals surface area contributed by atoms with Crippen LogP contribution in [0.25, 0.3) is 10.9 Å². The molecule has 194 valence electrons. The number of hydrogen-bond acceptors (Lipinski definition) is 4. The molecule has 9 heteroatoms. The lowest BCUT2D eigenvalue weighted by molar-refractivity contribution is -0.145. The van der Waals surface area contributed by atoms with Crippen LogP contribution in [-0.4, -0.2) is 64.8 Å². The van der Waals surface area contributed by atoms with Crippen molar-refractivity contribution in [3.63, 3.8) is 0 Å². The number of amides is 3. The summed E-state index contributed by atoms with van der Waals surface area (Å²) in [6.45, 7) is 1.10. The Hall–Kier alpha value is -3.59. The Morgan fingerprint density at radius 3 is 2.59 bits per heavy atom. The van der Waals surface area contributed by atoms with Crippen LogP contribution in [0.5, 0.6) is 5.75 Å². The Bertz CT molecular complexity index is 1390. The number of nitrogens with one attached hydrogen (secondary N) is 1. The molecule has 1 spiro atoms. The molecule has 3 amide bonds. The predicted molar refractivity (Wildman–Crippen MR) is 137 cm³/mol. The number of carbonyl (C=O) groups is 2. The standard InChI is InChI=1S/C28H31FN4O4/c1-31-22-12-20(37-2)9-10-21(22)24-25(31)23(13-34)33(26(35)17-5-3-6-17)16-28(24)14-32(15-28)27(36)30-19-8-4-7-18(29)11-19/h4,7-12,17,23,34H,3,5-6,13-16H2,1-2H3,(H,30,36)/t23-/m1/s1. The maximum absolute atomic E-state index is 13.6. The van der Waals surface area contributed by atoms with Crippen molar-refractivity contribution in [2.75, 3.05) is 38.7 Å². The molecule has 0 unspecified atom stereocenters. The Morgan fingerprint density at radius 2 is 1.95 bits per heavy atom. The average Bonchev–Trinajstić information content (AvgIpc) is 3.12. The second-order valence-electron chi connectivity index (χ2n) is 10.6. The second kappa shape index (κ2) is 8.76. The van der Waals surface area contributed by atoms with E-state index in [-0.39, 0.29) is 24.5 Å². The first kappa shape index (κ1) is 23.8. The number of fused-ring (bicyclic) bond motifs is 4. The van der Waals surface area contributed by atoms with Gasteiger partial charge in [0.1, 0.15) is 11.6 Å². The Kier molecular flexibility index (Phi) is 5.63. The molecule has 6 rings (SSSR count). The molecule has 3 heterocycles. The van der Waals surface area contributed by atoms with Gasteiger partial charge in [0.05, 0.1) is 30.7 Å². The second-order valence-corrected chi connectivity index (χ2v) is 10.6. The first-order valence-corrected chi connectivity index (χ1v) is 12.7. The number of aryl methyl sites for hydroxylation is 1. The third-order valence-electron chi connectivity index (χ3n) is 8.41. The molecule has 2 aromatic carbocycles. The van der Waals surface area contributed by atoms with Crippen LogP contribution in [0.15, 0.2) is 42.5 Å². The number of anilines is 1. The monoisotopic (exact) mass is 506 g/mol. The number of ether oxygens (including phenoxy) is 1. The first-order chi connectivity index (χ1) is 17.8. The van der Waals surface area contributed by atoms with Gasteiger partial charge in [-0.3, -0.25) is 4.79 Å². The quantitative estimate of drug-likeness (QED) is 0.564. The molecule has 2 fully saturated rings. The zero-order valence-electron chi connectivity index (χ0n) is 21.0. The Balaban J connectivity index is 1.39. The van der Waals surface area contributed by atoms with Crippen LogP contribution in [0.3, 0.4) is 0 Å². The van der Waals surface area contributed by atoms with E-state index in [0.717, 1.165) is 47.2 Å². The van der Waals surface area contributed by atoms with E-state index >= 15 is 0 Å². The number of carbonyl (C=O) groups excluding carboxylic acids is 2. The van der Waals surface area contributed by atoms with Gasteiger partial charge in [0, 0.05) is 55.4 Å². The van der Waals surface area contributed by atoms with Gasteiger partial charge in [-0.25, -0.2) is 9.18 Å². The van der Waals surface area contributed by atoms with E-state index < -0.39 is 17.3 Å². The van der Waals surface area contributed by atoms with Gasteiger partial charge in [0.2, 0.25) is 5.91 Å². The molecule has 2 N–H and O–H groups in total. The normalized spacial score (nSPS) is 20.4. The molecule has 1 saturated carbocycles. The van der Waals surface area contributed by atoms with Gasteiger partial charge in [-0.1, -0.05) is 12.5 Å². The molecule has 3 aliphatic rings. The van der Waals surface area contributed by atoms with Crippen LogP contribution >= 0.6 is 0 Å². The number of aromatic nitrogens is 1. The SMILES string of the molecule is COc1ccc2c3c(n(C)c2c1)[C@@H](CO)N(C(=O)C1CCC1)CC31CN(C(=O)Nc2cccc(F)c2)C1. The number of nitrogens with zero attached hydrogens (tertiary/aromatic N) is 3. The fourth-order valence-electron chi connectivity index (χ4n) is 6.33. The van der Waals surface area contributed by atoms with Crippen molar-refractivity contribution in [3.8, 4) is 5.75 Å². The van der Waals surface area contributed by atoms with Crippen molar-refractivity contribution in [3.05, 3.63) is 59.5 Å². The Morgan fingerprint density at radius 1 is 1.16 bits per heavy atom. The third kappa shape index (κ3) is 3.67. The highest BCUT2D eigenvalue weighted by Gasteiger charge is 2.56. The molecular formula is C28H31FN4O4. The van der Waals surface area contributed by atoms with Gasteiger partial charge >= 0.3 is 6.03 Å². The zero-order valence-corrected chi connectivity index (χ0v) is 21.0. The maximum atomic E-state index is 13.6. The van der Waals surface area contributed by atoms with Crippen molar-refractivity contribution in [2.45, 2.75) is 30.7 Å². The largest absolute Gasteiger partial charge is 0.497 e. The lowest BCUT2D eigenvalue weighted by atomic mass is 9.68. The average molecular weight is 507 g/mol. The van der Waals surface area contributed by atoms with E-state index in [1.165, 1.54) is 12.1 Å². The van der Waals surface area contributed by atoms with Crippen LogP contribution in [0, 0.1) is 11.7 Å². The molecule has 37 heavy (non-hydrogen) atoms. The van der Waals surface area contributed by atoms with Crippen LogP contribution in [0.4, 0.5) is 14.9 Å². The Labute approximate surface area is 214 Å². The van der Waals surface area contributed by atoms with Crippen molar-refractivity contribution >= 4 is 28.5 Å². The fraction of sp³-hybridized carbons (Fsp3) is 0.429. The molecule has 1 aromatic heterocycles. The van der Waals surface area contributed by atoms with Gasteiger partial charge in [0.25, 0.3) is 0 Å². The molecule has 0 bridgehead atoms. The summed E-state index contributed by atoms with van der Waals surface area (Å²) in [7, 11) is 3.59. The van der Waals surface area contributed by atoms with Crippen molar-refractivity contribution < 1.29 is 23.8 Å². The number of likely N-dealkylation sites (tertiary alicyclic amines) is 1. The predicted octanol–water partition coefficient (Wildman–Crippen LogP) is 3.79. The smallest absolute Gasteiger partial charge is 0.321 e. The van der Waals surface area contributed by atoms with E-state index in [9.17, 15) is 19.1 Å². The van der Waals surface area contributed by atoms with E-state index in [2.05, 4.69) is 9.88 Å². The van der Waals surface area contributed by atoms with Crippen molar-refractivity contribution in [2.24, 2.45) is 13.0 Å². The van der Waals surface area contributed by atoms with Gasteiger partial charge in [-0.05, 0) is 48.7 Å². The number of halogens is 1. The minimum Gasteiger partial charge on any atom is -0.497 e. The highest BCUT2D eigenvalue weighted by Crippen LogP contribution is 2.50. The van der Waals surface area contributed by atoms with Crippen molar-refractivity contribution in [1.82, 2.24) is 14.4 Å². The molecule has 0 radical (unpaired) electrons. The summed E-state index contributed by atoms with van der Waals surface area (Å²) < 4.78 is 21.2. The van der Waals surface area contributed by atoms with Crippen LogP contribution < -0.4 is 10.1 Å². The molecule has 8 nitrogen and oxygen atoms in total. The van der Waals surface area contributed by atoms with Gasteiger partial charge < -0.3 is 29.5 Å². The maximum Gasteiger partial charge on any atom is 0.321 e. The molecule has 1 aliphatic carbocycles. The zero-order chi connectivity index (χ0) is 25.9. The molecular weight excluding hydrogens is 475 g/mol. The minimum atomic E-state index is -0.464. The number of methoxy groups -OCH3 is 1. The first-order valence-electron chi connectivity index (χ1n) is 12.7. The lowest BCUT2D eigenvalue weighted by Gasteiger charge is -2.56. The van der Waals surface area contributed by atoms with Crippen LogP contribution in [0.2, 0.25) is 0 Å².